The second kappa shape index (κ2) is 4.48. The van der Waals surface area contributed by atoms with Crippen LogP contribution in [0.5, 0.6) is 0 Å². The highest BCUT2D eigenvalue weighted by Gasteiger charge is 1.96. The van der Waals surface area contributed by atoms with E-state index < -0.39 is 0 Å². The van der Waals surface area contributed by atoms with Crippen molar-refractivity contribution in [3.8, 4) is 23.0 Å². The summed E-state index contributed by atoms with van der Waals surface area (Å²) in [5.74, 6) is 5.98. The highest BCUT2D eigenvalue weighted by Crippen LogP contribution is 2.19. The first kappa shape index (κ1) is 9.55. The lowest BCUT2D eigenvalue weighted by molar-refractivity contribution is 1.59. The summed E-state index contributed by atoms with van der Waals surface area (Å²) < 4.78 is 0. The van der Waals surface area contributed by atoms with E-state index in [-0.39, 0.29) is 0 Å². The van der Waals surface area contributed by atoms with Gasteiger partial charge in [-0.05, 0) is 30.2 Å². The van der Waals surface area contributed by atoms with Crippen LogP contribution in [0.1, 0.15) is 12.5 Å². The van der Waals surface area contributed by atoms with E-state index in [0.29, 0.717) is 0 Å². The van der Waals surface area contributed by atoms with Gasteiger partial charge in [-0.15, -0.1) is 5.92 Å². The van der Waals surface area contributed by atoms with Crippen LogP contribution in [0.2, 0.25) is 0 Å². The Labute approximate surface area is 90.6 Å². The zero-order valence-corrected chi connectivity index (χ0v) is 8.70. The molecular formula is C15H12. The van der Waals surface area contributed by atoms with Gasteiger partial charge in [0.1, 0.15) is 0 Å². The van der Waals surface area contributed by atoms with Crippen LogP contribution in [-0.2, 0) is 0 Å². The summed E-state index contributed by atoms with van der Waals surface area (Å²) >= 11 is 0. The van der Waals surface area contributed by atoms with Gasteiger partial charge in [0.15, 0.2) is 0 Å². The fraction of sp³-hybridized carbons (Fsp3) is 0.0667. The minimum Gasteiger partial charge on any atom is -0.101 e. The van der Waals surface area contributed by atoms with Crippen molar-refractivity contribution in [1.29, 1.82) is 0 Å². The normalized spacial score (nSPS) is 9.13. The van der Waals surface area contributed by atoms with Crippen molar-refractivity contribution in [3.05, 3.63) is 60.2 Å². The molecule has 2 rings (SSSR count). The van der Waals surface area contributed by atoms with Gasteiger partial charge in [0, 0.05) is 5.56 Å². The molecule has 0 saturated heterocycles. The Morgan fingerprint density at radius 2 is 1.53 bits per heavy atom. The molecule has 0 aliphatic rings. The molecule has 0 spiro atoms. The zero-order chi connectivity index (χ0) is 10.5. The molecule has 0 N–H and O–H groups in total. The third-order valence-corrected chi connectivity index (χ3v) is 2.24. The topological polar surface area (TPSA) is 0 Å². The van der Waals surface area contributed by atoms with E-state index in [1.54, 1.807) is 0 Å². The van der Waals surface area contributed by atoms with Gasteiger partial charge in [-0.25, -0.2) is 0 Å². The van der Waals surface area contributed by atoms with Crippen molar-refractivity contribution in [2.75, 3.05) is 0 Å². The highest BCUT2D eigenvalue weighted by atomic mass is 14.0. The van der Waals surface area contributed by atoms with Gasteiger partial charge >= 0.3 is 0 Å². The summed E-state index contributed by atoms with van der Waals surface area (Å²) in [6, 6.07) is 18.6. The molecule has 0 fully saturated rings. The van der Waals surface area contributed by atoms with E-state index in [4.69, 9.17) is 0 Å². The third kappa shape index (κ3) is 2.27. The van der Waals surface area contributed by atoms with Crippen LogP contribution in [0.3, 0.4) is 0 Å². The number of rotatable bonds is 1. The maximum Gasteiger partial charge on any atom is 0.0251 e. The van der Waals surface area contributed by atoms with Crippen LogP contribution in [-0.4, -0.2) is 0 Å². The first-order chi connectivity index (χ1) is 7.40. The first-order valence-electron chi connectivity index (χ1n) is 4.98. The van der Waals surface area contributed by atoms with Crippen LogP contribution in [0.25, 0.3) is 11.1 Å². The van der Waals surface area contributed by atoms with Crippen molar-refractivity contribution in [3.63, 3.8) is 0 Å². The molecule has 0 heterocycles. The van der Waals surface area contributed by atoms with E-state index in [1.807, 2.05) is 37.3 Å². The first-order valence-corrected chi connectivity index (χ1v) is 4.98. The molecule has 0 aliphatic carbocycles. The average molecular weight is 192 g/mol. The lowest BCUT2D eigenvalue weighted by Crippen LogP contribution is -1.79. The highest BCUT2D eigenvalue weighted by molar-refractivity contribution is 5.65. The summed E-state index contributed by atoms with van der Waals surface area (Å²) in [7, 11) is 0. The second-order valence-electron chi connectivity index (χ2n) is 3.32. The van der Waals surface area contributed by atoms with Crippen LogP contribution in [0.15, 0.2) is 54.6 Å². The number of hydrogen-bond donors (Lipinski definition) is 0. The maximum absolute atomic E-state index is 3.07. The molecule has 0 saturated carbocycles. The number of benzene rings is 2. The maximum atomic E-state index is 3.07. The Kier molecular flexibility index (Phi) is 2.85. The number of hydrogen-bond acceptors (Lipinski definition) is 0. The Balaban J connectivity index is 2.44. The quantitative estimate of drug-likeness (QED) is 0.604. The second-order valence-corrected chi connectivity index (χ2v) is 3.32. The Morgan fingerprint density at radius 3 is 2.27 bits per heavy atom. The average Bonchev–Trinajstić information content (AvgIpc) is 2.31. The molecule has 0 amide bonds. The summed E-state index contributed by atoms with van der Waals surface area (Å²) in [6.45, 7) is 1.86. The van der Waals surface area contributed by atoms with Crippen LogP contribution in [0, 0.1) is 11.8 Å². The predicted octanol–water partition coefficient (Wildman–Crippen LogP) is 3.73. The third-order valence-electron chi connectivity index (χ3n) is 2.24. The van der Waals surface area contributed by atoms with E-state index in [2.05, 4.69) is 36.1 Å². The molecule has 0 bridgehead atoms. The summed E-state index contributed by atoms with van der Waals surface area (Å²) in [5, 5.41) is 0. The molecule has 0 nitrogen and oxygen atoms in total. The van der Waals surface area contributed by atoms with E-state index in [0.717, 1.165) is 5.56 Å². The summed E-state index contributed by atoms with van der Waals surface area (Å²) in [6.07, 6.45) is 0. The van der Waals surface area contributed by atoms with Crippen molar-refractivity contribution in [2.24, 2.45) is 0 Å². The molecular weight excluding hydrogens is 180 g/mol. The molecule has 0 radical (unpaired) electrons. The fourth-order valence-corrected chi connectivity index (χ4v) is 1.55. The van der Waals surface area contributed by atoms with Crippen molar-refractivity contribution in [2.45, 2.75) is 6.92 Å². The van der Waals surface area contributed by atoms with Gasteiger partial charge in [-0.3, -0.25) is 0 Å². The largest absolute Gasteiger partial charge is 0.101 e. The Morgan fingerprint density at radius 1 is 0.800 bits per heavy atom. The zero-order valence-electron chi connectivity index (χ0n) is 8.70. The molecule has 15 heavy (non-hydrogen) atoms. The lowest BCUT2D eigenvalue weighted by atomic mass is 10.0. The molecule has 0 aromatic heterocycles. The van der Waals surface area contributed by atoms with Gasteiger partial charge < -0.3 is 0 Å². The SMILES string of the molecule is CC#Cc1cccc(-c2ccccc2)c1. The summed E-state index contributed by atoms with van der Waals surface area (Å²) in [4.78, 5) is 0. The molecule has 0 aliphatic heterocycles. The van der Waals surface area contributed by atoms with Gasteiger partial charge in [0.2, 0.25) is 0 Å². The molecule has 0 heteroatoms. The van der Waals surface area contributed by atoms with E-state index >= 15 is 0 Å². The molecule has 2 aromatic rings. The van der Waals surface area contributed by atoms with Crippen molar-refractivity contribution in [1.82, 2.24) is 0 Å². The van der Waals surface area contributed by atoms with Crippen molar-refractivity contribution >= 4 is 0 Å². The van der Waals surface area contributed by atoms with E-state index in [1.165, 1.54) is 11.1 Å². The molecule has 0 unspecified atom stereocenters. The monoisotopic (exact) mass is 192 g/mol. The van der Waals surface area contributed by atoms with Crippen LogP contribution >= 0.6 is 0 Å². The minimum absolute atomic E-state index is 1.07. The van der Waals surface area contributed by atoms with Crippen LogP contribution in [0.4, 0.5) is 0 Å². The fourth-order valence-electron chi connectivity index (χ4n) is 1.55. The van der Waals surface area contributed by atoms with Gasteiger partial charge in [0.05, 0.1) is 0 Å². The molecule has 0 atom stereocenters. The Bertz CT molecular complexity index is 498. The summed E-state index contributed by atoms with van der Waals surface area (Å²) in [5.41, 5.74) is 3.52. The Hall–Kier alpha value is -2.00. The molecule has 2 aromatic carbocycles. The van der Waals surface area contributed by atoms with E-state index in [9.17, 15) is 0 Å². The smallest absolute Gasteiger partial charge is 0.0251 e. The van der Waals surface area contributed by atoms with Gasteiger partial charge in [0.25, 0.3) is 0 Å². The van der Waals surface area contributed by atoms with Crippen LogP contribution < -0.4 is 0 Å². The minimum atomic E-state index is 1.07. The van der Waals surface area contributed by atoms with Gasteiger partial charge in [-0.2, -0.15) is 0 Å². The lowest BCUT2D eigenvalue weighted by Gasteiger charge is -2.01. The standard InChI is InChI=1S/C15H12/c1-2-7-13-8-6-11-15(12-13)14-9-4-3-5-10-14/h3-6,8-12H,1H3. The van der Waals surface area contributed by atoms with Gasteiger partial charge in [-0.1, -0.05) is 48.4 Å². The molecule has 72 valence electrons. The van der Waals surface area contributed by atoms with Crippen molar-refractivity contribution < 1.29 is 0 Å². The predicted molar refractivity (Wildman–Crippen MR) is 64.4 cm³/mol.